The first-order valence-electron chi connectivity index (χ1n) is 7.73. The molecule has 0 aliphatic carbocycles. The Labute approximate surface area is 130 Å². The van der Waals surface area contributed by atoms with Gasteiger partial charge in [-0.05, 0) is 31.3 Å². The SMILES string of the molecule is CC(C)CN1CCC(CNC(=O)c2csc(CCN)n2)C1. The quantitative estimate of drug-likeness (QED) is 0.797. The number of amides is 1. The van der Waals surface area contributed by atoms with Crippen molar-refractivity contribution in [2.24, 2.45) is 17.6 Å². The standard InChI is InChI=1S/C15H26N4OS/c1-11(2)8-19-6-4-12(9-19)7-17-15(20)13-10-21-14(18-13)3-5-16/h10-12H,3-9,16H2,1-2H3,(H,17,20). The molecule has 0 radical (unpaired) electrons. The Kier molecular flexibility index (Phi) is 6.14. The number of likely N-dealkylation sites (tertiary alicyclic amines) is 1. The van der Waals surface area contributed by atoms with Gasteiger partial charge in [-0.3, -0.25) is 4.79 Å². The van der Waals surface area contributed by atoms with E-state index in [1.54, 1.807) is 0 Å². The molecule has 0 aromatic carbocycles. The average molecular weight is 310 g/mol. The second kappa shape index (κ2) is 7.87. The lowest BCUT2D eigenvalue weighted by atomic mass is 10.1. The van der Waals surface area contributed by atoms with Crippen LogP contribution in [0.5, 0.6) is 0 Å². The first-order valence-corrected chi connectivity index (χ1v) is 8.61. The fraction of sp³-hybridized carbons (Fsp3) is 0.733. The Morgan fingerprint density at radius 2 is 2.43 bits per heavy atom. The zero-order valence-electron chi connectivity index (χ0n) is 13.0. The molecule has 1 saturated heterocycles. The fourth-order valence-corrected chi connectivity index (χ4v) is 3.54. The molecule has 1 aliphatic heterocycles. The van der Waals surface area contributed by atoms with Crippen molar-refractivity contribution in [3.8, 4) is 0 Å². The summed E-state index contributed by atoms with van der Waals surface area (Å²) in [6.45, 7) is 9.20. The maximum Gasteiger partial charge on any atom is 0.270 e. The number of nitrogens with one attached hydrogen (secondary N) is 1. The lowest BCUT2D eigenvalue weighted by molar-refractivity contribution is 0.0942. The molecule has 5 nitrogen and oxygen atoms in total. The van der Waals surface area contributed by atoms with E-state index in [1.165, 1.54) is 17.8 Å². The van der Waals surface area contributed by atoms with Crippen molar-refractivity contribution in [3.63, 3.8) is 0 Å². The summed E-state index contributed by atoms with van der Waals surface area (Å²) in [6.07, 6.45) is 1.91. The van der Waals surface area contributed by atoms with Crippen LogP contribution in [0, 0.1) is 11.8 Å². The molecule has 1 amide bonds. The Hall–Kier alpha value is -0.980. The van der Waals surface area contributed by atoms with Crippen LogP contribution in [-0.4, -0.2) is 48.5 Å². The summed E-state index contributed by atoms with van der Waals surface area (Å²) in [5, 5.41) is 5.77. The summed E-state index contributed by atoms with van der Waals surface area (Å²) in [5.74, 6) is 1.21. The van der Waals surface area contributed by atoms with Gasteiger partial charge in [-0.25, -0.2) is 4.98 Å². The Morgan fingerprint density at radius 1 is 1.62 bits per heavy atom. The van der Waals surface area contributed by atoms with Gasteiger partial charge in [-0.15, -0.1) is 11.3 Å². The summed E-state index contributed by atoms with van der Waals surface area (Å²) >= 11 is 1.51. The van der Waals surface area contributed by atoms with Gasteiger partial charge >= 0.3 is 0 Å². The number of carbonyl (C=O) groups excluding carboxylic acids is 1. The second-order valence-electron chi connectivity index (χ2n) is 6.18. The molecule has 118 valence electrons. The molecule has 6 heteroatoms. The lowest BCUT2D eigenvalue weighted by Gasteiger charge is -2.18. The van der Waals surface area contributed by atoms with Crippen molar-refractivity contribution in [1.82, 2.24) is 15.2 Å². The highest BCUT2D eigenvalue weighted by molar-refractivity contribution is 7.09. The summed E-state index contributed by atoms with van der Waals surface area (Å²) in [5.41, 5.74) is 6.02. The summed E-state index contributed by atoms with van der Waals surface area (Å²) in [6, 6.07) is 0. The number of carbonyl (C=O) groups is 1. The summed E-state index contributed by atoms with van der Waals surface area (Å²) in [4.78, 5) is 18.9. The molecular weight excluding hydrogens is 284 g/mol. The molecule has 2 rings (SSSR count). The molecule has 1 aromatic rings. The summed E-state index contributed by atoms with van der Waals surface area (Å²) in [7, 11) is 0. The minimum atomic E-state index is -0.0585. The molecule has 1 unspecified atom stereocenters. The van der Waals surface area contributed by atoms with Gasteiger partial charge in [-0.1, -0.05) is 13.8 Å². The van der Waals surface area contributed by atoms with Crippen LogP contribution in [0.4, 0.5) is 0 Å². The molecule has 1 fully saturated rings. The third-order valence-electron chi connectivity index (χ3n) is 3.69. The van der Waals surface area contributed by atoms with Crippen LogP contribution in [0.3, 0.4) is 0 Å². The molecule has 1 atom stereocenters. The third-order valence-corrected chi connectivity index (χ3v) is 4.60. The van der Waals surface area contributed by atoms with Gasteiger partial charge in [0.25, 0.3) is 5.91 Å². The summed E-state index contributed by atoms with van der Waals surface area (Å²) < 4.78 is 0. The van der Waals surface area contributed by atoms with E-state index in [0.29, 0.717) is 24.1 Å². The lowest BCUT2D eigenvalue weighted by Crippen LogP contribution is -2.32. The maximum atomic E-state index is 12.1. The largest absolute Gasteiger partial charge is 0.350 e. The number of thiazole rings is 1. The molecule has 1 aliphatic rings. The van der Waals surface area contributed by atoms with Crippen LogP contribution >= 0.6 is 11.3 Å². The number of aromatic nitrogens is 1. The van der Waals surface area contributed by atoms with Crippen molar-refractivity contribution < 1.29 is 4.79 Å². The first-order chi connectivity index (χ1) is 10.1. The van der Waals surface area contributed by atoms with Crippen LogP contribution in [0.1, 0.15) is 35.8 Å². The van der Waals surface area contributed by atoms with Crippen LogP contribution in [0.15, 0.2) is 5.38 Å². The second-order valence-corrected chi connectivity index (χ2v) is 7.13. The maximum absolute atomic E-state index is 12.1. The van der Waals surface area contributed by atoms with E-state index in [-0.39, 0.29) is 5.91 Å². The smallest absolute Gasteiger partial charge is 0.270 e. The van der Waals surface area contributed by atoms with Crippen LogP contribution in [0.2, 0.25) is 0 Å². The van der Waals surface area contributed by atoms with E-state index < -0.39 is 0 Å². The molecule has 0 saturated carbocycles. The highest BCUT2D eigenvalue weighted by Gasteiger charge is 2.23. The van der Waals surface area contributed by atoms with Crippen molar-refractivity contribution in [2.45, 2.75) is 26.7 Å². The number of rotatable bonds is 7. The van der Waals surface area contributed by atoms with Gasteiger partial charge in [0.05, 0.1) is 5.01 Å². The monoisotopic (exact) mass is 310 g/mol. The highest BCUT2D eigenvalue weighted by atomic mass is 32.1. The first kappa shape index (κ1) is 16.4. The number of hydrogen-bond acceptors (Lipinski definition) is 5. The average Bonchev–Trinajstić information content (AvgIpc) is 3.05. The minimum Gasteiger partial charge on any atom is -0.350 e. The van der Waals surface area contributed by atoms with Crippen molar-refractivity contribution in [1.29, 1.82) is 0 Å². The van der Waals surface area contributed by atoms with Gasteiger partial charge in [0.1, 0.15) is 5.69 Å². The van der Waals surface area contributed by atoms with Crippen molar-refractivity contribution in [2.75, 3.05) is 32.7 Å². The number of nitrogens with zero attached hydrogens (tertiary/aromatic N) is 2. The topological polar surface area (TPSA) is 71.2 Å². The minimum absolute atomic E-state index is 0.0585. The van der Waals surface area contributed by atoms with Crippen LogP contribution < -0.4 is 11.1 Å². The van der Waals surface area contributed by atoms with Crippen molar-refractivity contribution in [3.05, 3.63) is 16.1 Å². The molecule has 0 spiro atoms. The van der Waals surface area contributed by atoms with E-state index in [2.05, 4.69) is 29.0 Å². The van der Waals surface area contributed by atoms with Gasteiger partial charge in [-0.2, -0.15) is 0 Å². The molecule has 0 bridgehead atoms. The Balaban J connectivity index is 1.74. The molecule has 21 heavy (non-hydrogen) atoms. The van der Waals surface area contributed by atoms with E-state index in [1.807, 2.05) is 5.38 Å². The Bertz CT molecular complexity index is 460. The Morgan fingerprint density at radius 3 is 3.14 bits per heavy atom. The van der Waals surface area contributed by atoms with Gasteiger partial charge in [0, 0.05) is 31.4 Å². The normalized spacial score (nSPS) is 19.3. The van der Waals surface area contributed by atoms with Crippen LogP contribution in [0.25, 0.3) is 0 Å². The van der Waals surface area contributed by atoms with Gasteiger partial charge in [0.15, 0.2) is 0 Å². The highest BCUT2D eigenvalue weighted by Crippen LogP contribution is 2.17. The zero-order valence-corrected chi connectivity index (χ0v) is 13.8. The predicted molar refractivity (Wildman–Crippen MR) is 86.6 cm³/mol. The van der Waals surface area contributed by atoms with E-state index >= 15 is 0 Å². The molecule has 2 heterocycles. The fourth-order valence-electron chi connectivity index (χ4n) is 2.74. The molecular formula is C15H26N4OS. The number of nitrogens with two attached hydrogens (primary N) is 1. The van der Waals surface area contributed by atoms with Crippen LogP contribution in [-0.2, 0) is 6.42 Å². The third kappa shape index (κ3) is 5.05. The molecule has 3 N–H and O–H groups in total. The zero-order chi connectivity index (χ0) is 15.2. The molecule has 1 aromatic heterocycles. The van der Waals surface area contributed by atoms with Gasteiger partial charge in [0.2, 0.25) is 0 Å². The van der Waals surface area contributed by atoms with E-state index in [9.17, 15) is 4.79 Å². The van der Waals surface area contributed by atoms with E-state index in [0.717, 1.165) is 37.6 Å². The van der Waals surface area contributed by atoms with Gasteiger partial charge < -0.3 is 16.0 Å². The van der Waals surface area contributed by atoms with Crippen molar-refractivity contribution >= 4 is 17.2 Å². The predicted octanol–water partition coefficient (Wildman–Crippen LogP) is 1.35. The number of hydrogen-bond donors (Lipinski definition) is 2. The van der Waals surface area contributed by atoms with E-state index in [4.69, 9.17) is 5.73 Å².